The van der Waals surface area contributed by atoms with E-state index in [4.69, 9.17) is 11.6 Å². The number of carbonyl (C=O) groups is 2. The number of alkyl halides is 1. The number of benzene rings is 1. The summed E-state index contributed by atoms with van der Waals surface area (Å²) in [6.45, 7) is 0. The smallest absolute Gasteiger partial charge is 0.340 e. The molecule has 0 fully saturated rings. The number of halogens is 3. The number of ether oxygens (including phenoxy) is 1. The summed E-state index contributed by atoms with van der Waals surface area (Å²) in [5.74, 6) is -0.927. The maximum atomic E-state index is 11.5. The van der Waals surface area contributed by atoms with Crippen LogP contribution in [0.1, 0.15) is 10.4 Å². The highest BCUT2D eigenvalue weighted by Gasteiger charge is 2.16. The van der Waals surface area contributed by atoms with Crippen LogP contribution < -0.4 is 5.32 Å². The molecule has 1 N–H and O–H groups in total. The van der Waals surface area contributed by atoms with Crippen molar-refractivity contribution in [1.82, 2.24) is 0 Å². The Kier molecular flexibility index (Phi) is 5.42. The van der Waals surface area contributed by atoms with Crippen molar-refractivity contribution < 1.29 is 14.3 Å². The number of methoxy groups -OCH3 is 1. The van der Waals surface area contributed by atoms with Crippen LogP contribution in [0.2, 0.25) is 0 Å². The fourth-order valence-electron chi connectivity index (χ4n) is 1.14. The molecule has 0 aliphatic rings. The van der Waals surface area contributed by atoms with Gasteiger partial charge in [-0.3, -0.25) is 4.79 Å². The minimum atomic E-state index is -0.473. The largest absolute Gasteiger partial charge is 0.465 e. The topological polar surface area (TPSA) is 55.4 Å². The zero-order valence-corrected chi connectivity index (χ0v) is 12.6. The Morgan fingerprint density at radius 3 is 2.29 bits per heavy atom. The molecule has 0 aliphatic heterocycles. The minimum absolute atomic E-state index is 0.131. The highest BCUT2D eigenvalue weighted by Crippen LogP contribution is 2.30. The molecule has 1 amide bonds. The maximum Gasteiger partial charge on any atom is 0.340 e. The summed E-state index contributed by atoms with van der Waals surface area (Å²) in [6, 6.07) is 3.20. The van der Waals surface area contributed by atoms with E-state index in [9.17, 15) is 9.59 Å². The molecule has 4 nitrogen and oxygen atoms in total. The first-order chi connectivity index (χ1) is 7.99. The van der Waals surface area contributed by atoms with Crippen LogP contribution in [-0.2, 0) is 9.53 Å². The average molecular weight is 385 g/mol. The van der Waals surface area contributed by atoms with Crippen LogP contribution in [0.4, 0.5) is 5.69 Å². The summed E-state index contributed by atoms with van der Waals surface area (Å²) in [4.78, 5) is 22.6. The van der Waals surface area contributed by atoms with Crippen LogP contribution in [0, 0.1) is 0 Å². The summed E-state index contributed by atoms with van der Waals surface area (Å²) in [5.41, 5.74) is 0.887. The highest BCUT2D eigenvalue weighted by molar-refractivity contribution is 9.11. The van der Waals surface area contributed by atoms with Gasteiger partial charge in [-0.25, -0.2) is 4.79 Å². The Hall–Kier alpha value is -0.590. The van der Waals surface area contributed by atoms with Gasteiger partial charge >= 0.3 is 5.97 Å². The molecule has 7 heteroatoms. The van der Waals surface area contributed by atoms with Crippen LogP contribution in [0.3, 0.4) is 0 Å². The molecule has 1 aromatic carbocycles. The van der Waals surface area contributed by atoms with Gasteiger partial charge in [0.2, 0.25) is 5.91 Å². The molecule has 0 aliphatic carbocycles. The highest BCUT2D eigenvalue weighted by atomic mass is 79.9. The van der Waals surface area contributed by atoms with Gasteiger partial charge in [0.05, 0.1) is 12.7 Å². The molecule has 1 rings (SSSR count). The summed E-state index contributed by atoms with van der Waals surface area (Å²) >= 11 is 11.8. The van der Waals surface area contributed by atoms with Crippen LogP contribution in [-0.4, -0.2) is 24.9 Å². The molecule has 0 radical (unpaired) electrons. The van der Waals surface area contributed by atoms with E-state index in [1.165, 1.54) is 7.11 Å². The van der Waals surface area contributed by atoms with Crippen molar-refractivity contribution in [2.75, 3.05) is 18.3 Å². The molecule has 92 valence electrons. The lowest BCUT2D eigenvalue weighted by molar-refractivity contribution is -0.113. The van der Waals surface area contributed by atoms with Gasteiger partial charge in [-0.05, 0) is 44.0 Å². The summed E-state index contributed by atoms with van der Waals surface area (Å²) in [7, 11) is 1.30. The lowest BCUT2D eigenvalue weighted by Gasteiger charge is -2.09. The second-order valence-electron chi connectivity index (χ2n) is 2.99. The number of carbonyl (C=O) groups excluding carboxylic acids is 2. The Labute approximate surface area is 120 Å². The summed E-state index contributed by atoms with van der Waals surface area (Å²) < 4.78 is 5.67. The molecule has 0 unspecified atom stereocenters. The third kappa shape index (κ3) is 3.69. The summed E-state index contributed by atoms with van der Waals surface area (Å²) in [5, 5.41) is 2.57. The van der Waals surface area contributed by atoms with E-state index >= 15 is 0 Å². The van der Waals surface area contributed by atoms with Crippen molar-refractivity contribution in [2.24, 2.45) is 0 Å². The van der Waals surface area contributed by atoms with Crippen LogP contribution >= 0.6 is 43.5 Å². The van der Waals surface area contributed by atoms with Gasteiger partial charge in [0.25, 0.3) is 0 Å². The number of hydrogen-bond donors (Lipinski definition) is 1. The average Bonchev–Trinajstić information content (AvgIpc) is 2.27. The van der Waals surface area contributed by atoms with E-state index in [0.29, 0.717) is 20.2 Å². The number of nitrogens with one attached hydrogen (secondary N) is 1. The Balaban J connectivity index is 3.09. The molecular formula is C10H8Br2ClNO3. The fourth-order valence-corrected chi connectivity index (χ4v) is 2.71. The number of esters is 1. The van der Waals surface area contributed by atoms with E-state index in [-0.39, 0.29) is 11.8 Å². The first kappa shape index (κ1) is 14.5. The predicted octanol–water partition coefficient (Wildman–Crippen LogP) is 3.18. The SMILES string of the molecule is COC(=O)c1c(Br)cc(NC(=O)CCl)cc1Br. The van der Waals surface area contributed by atoms with Gasteiger partial charge in [0.15, 0.2) is 0 Å². The zero-order valence-electron chi connectivity index (χ0n) is 8.72. The molecule has 0 spiro atoms. The predicted molar refractivity (Wildman–Crippen MR) is 72.5 cm³/mol. The van der Waals surface area contributed by atoms with Crippen molar-refractivity contribution >= 4 is 61.0 Å². The normalized spacial score (nSPS) is 9.88. The molecule has 0 heterocycles. The monoisotopic (exact) mass is 383 g/mol. The van der Waals surface area contributed by atoms with Gasteiger partial charge in [0.1, 0.15) is 5.88 Å². The molecule has 0 aromatic heterocycles. The van der Waals surface area contributed by atoms with Crippen LogP contribution in [0.5, 0.6) is 0 Å². The zero-order chi connectivity index (χ0) is 13.0. The molecule has 17 heavy (non-hydrogen) atoms. The first-order valence-electron chi connectivity index (χ1n) is 4.42. The quantitative estimate of drug-likeness (QED) is 0.642. The second kappa shape index (κ2) is 6.37. The standard InChI is InChI=1S/C10H8Br2ClNO3/c1-17-10(16)9-6(11)2-5(3-7(9)12)14-8(15)4-13/h2-3H,4H2,1H3,(H,14,15). The van der Waals surface area contributed by atoms with Gasteiger partial charge in [-0.2, -0.15) is 0 Å². The van der Waals surface area contributed by atoms with E-state index in [0.717, 1.165) is 0 Å². The molecule has 0 bridgehead atoms. The summed E-state index contributed by atoms with van der Waals surface area (Å²) in [6.07, 6.45) is 0. The third-order valence-corrected chi connectivity index (χ3v) is 3.33. The van der Waals surface area contributed by atoms with Crippen molar-refractivity contribution in [3.63, 3.8) is 0 Å². The van der Waals surface area contributed by atoms with Gasteiger partial charge in [-0.15, -0.1) is 11.6 Å². The number of rotatable bonds is 3. The van der Waals surface area contributed by atoms with Crippen molar-refractivity contribution in [1.29, 1.82) is 0 Å². The van der Waals surface area contributed by atoms with Gasteiger partial charge < -0.3 is 10.1 Å². The Bertz CT molecular complexity index is 442. The van der Waals surface area contributed by atoms with E-state index in [1.807, 2.05) is 0 Å². The lowest BCUT2D eigenvalue weighted by Crippen LogP contribution is -2.13. The number of amides is 1. The van der Waals surface area contributed by atoms with Crippen molar-refractivity contribution in [3.8, 4) is 0 Å². The molecular weight excluding hydrogens is 377 g/mol. The molecule has 1 aromatic rings. The van der Waals surface area contributed by atoms with Crippen molar-refractivity contribution in [2.45, 2.75) is 0 Å². The number of hydrogen-bond acceptors (Lipinski definition) is 3. The second-order valence-corrected chi connectivity index (χ2v) is 4.96. The van der Waals surface area contributed by atoms with Crippen LogP contribution in [0.25, 0.3) is 0 Å². The molecule has 0 atom stereocenters. The fraction of sp³-hybridized carbons (Fsp3) is 0.200. The van der Waals surface area contributed by atoms with E-state index in [2.05, 4.69) is 41.9 Å². The van der Waals surface area contributed by atoms with Crippen molar-refractivity contribution in [3.05, 3.63) is 26.6 Å². The number of anilines is 1. The van der Waals surface area contributed by atoms with Gasteiger partial charge in [-0.1, -0.05) is 0 Å². The van der Waals surface area contributed by atoms with Gasteiger partial charge in [0, 0.05) is 14.6 Å². The lowest BCUT2D eigenvalue weighted by atomic mass is 10.2. The maximum absolute atomic E-state index is 11.5. The molecule has 0 saturated carbocycles. The van der Waals surface area contributed by atoms with E-state index < -0.39 is 5.97 Å². The first-order valence-corrected chi connectivity index (χ1v) is 6.54. The molecule has 0 saturated heterocycles. The third-order valence-electron chi connectivity index (χ3n) is 1.84. The van der Waals surface area contributed by atoms with Crippen LogP contribution in [0.15, 0.2) is 21.1 Å². The minimum Gasteiger partial charge on any atom is -0.465 e. The Morgan fingerprint density at radius 2 is 1.88 bits per heavy atom. The Morgan fingerprint density at radius 1 is 1.35 bits per heavy atom. The van der Waals surface area contributed by atoms with E-state index in [1.54, 1.807) is 12.1 Å².